The SMILES string of the molecule is C/C(=N/NC(=O)CN1CCCc2ccccc21)c1ccccc1F. The maximum absolute atomic E-state index is 13.7. The number of rotatable bonds is 4. The first-order valence-corrected chi connectivity index (χ1v) is 8.06. The van der Waals surface area contributed by atoms with Gasteiger partial charge in [0.05, 0.1) is 12.3 Å². The van der Waals surface area contributed by atoms with Gasteiger partial charge in [-0.1, -0.05) is 36.4 Å². The Morgan fingerprint density at radius 3 is 2.79 bits per heavy atom. The van der Waals surface area contributed by atoms with Crippen LogP contribution in [0.4, 0.5) is 10.1 Å². The van der Waals surface area contributed by atoms with Crippen molar-refractivity contribution in [2.75, 3.05) is 18.0 Å². The largest absolute Gasteiger partial charge is 0.362 e. The minimum absolute atomic E-state index is 0.206. The Balaban J connectivity index is 1.65. The van der Waals surface area contributed by atoms with Crippen molar-refractivity contribution in [1.29, 1.82) is 0 Å². The third-order valence-electron chi connectivity index (χ3n) is 4.15. The summed E-state index contributed by atoms with van der Waals surface area (Å²) in [4.78, 5) is 14.2. The quantitative estimate of drug-likeness (QED) is 0.693. The number of hydrogen-bond acceptors (Lipinski definition) is 3. The minimum Gasteiger partial charge on any atom is -0.362 e. The molecule has 0 spiro atoms. The van der Waals surface area contributed by atoms with Gasteiger partial charge in [0, 0.05) is 17.8 Å². The number of hydrogen-bond donors (Lipinski definition) is 1. The van der Waals surface area contributed by atoms with Crippen molar-refractivity contribution in [3.8, 4) is 0 Å². The second-order valence-corrected chi connectivity index (χ2v) is 5.87. The summed E-state index contributed by atoms with van der Waals surface area (Å²) in [5.41, 5.74) is 5.73. The van der Waals surface area contributed by atoms with E-state index in [4.69, 9.17) is 0 Å². The third kappa shape index (κ3) is 3.62. The molecule has 0 unspecified atom stereocenters. The Kier molecular flexibility index (Phi) is 4.89. The van der Waals surface area contributed by atoms with E-state index < -0.39 is 0 Å². The molecular formula is C19H20FN3O. The van der Waals surface area contributed by atoms with E-state index in [9.17, 15) is 9.18 Å². The van der Waals surface area contributed by atoms with Crippen molar-refractivity contribution in [2.24, 2.45) is 5.10 Å². The molecule has 0 atom stereocenters. The molecule has 0 bridgehead atoms. The lowest BCUT2D eigenvalue weighted by Gasteiger charge is -2.30. The van der Waals surface area contributed by atoms with Gasteiger partial charge in [-0.3, -0.25) is 4.79 Å². The molecule has 3 rings (SSSR count). The molecule has 1 aliphatic heterocycles. The number of carbonyl (C=O) groups is 1. The van der Waals surface area contributed by atoms with Gasteiger partial charge < -0.3 is 4.90 Å². The van der Waals surface area contributed by atoms with Crippen LogP contribution in [0.2, 0.25) is 0 Å². The predicted molar refractivity (Wildman–Crippen MR) is 93.7 cm³/mol. The summed E-state index contributed by atoms with van der Waals surface area (Å²) in [6.45, 7) is 2.76. The van der Waals surface area contributed by atoms with Gasteiger partial charge in [-0.15, -0.1) is 0 Å². The Hall–Kier alpha value is -2.69. The van der Waals surface area contributed by atoms with E-state index in [0.717, 1.165) is 25.1 Å². The molecule has 1 aliphatic rings. The highest BCUT2D eigenvalue weighted by Gasteiger charge is 2.18. The molecule has 5 heteroatoms. The molecule has 0 aromatic heterocycles. The van der Waals surface area contributed by atoms with Crippen molar-refractivity contribution in [1.82, 2.24) is 5.43 Å². The molecule has 1 heterocycles. The standard InChI is InChI=1S/C19H20FN3O/c1-14(16-9-3-4-10-17(16)20)21-22-19(24)13-23-12-6-8-15-7-2-5-11-18(15)23/h2-5,7,9-11H,6,8,12-13H2,1H3,(H,22,24)/b21-14-. The van der Waals surface area contributed by atoms with Crippen molar-refractivity contribution in [3.63, 3.8) is 0 Å². The van der Waals surface area contributed by atoms with Crippen LogP contribution in [0.15, 0.2) is 53.6 Å². The van der Waals surface area contributed by atoms with Gasteiger partial charge in [0.25, 0.3) is 5.91 Å². The molecule has 0 fully saturated rings. The average Bonchev–Trinajstić information content (AvgIpc) is 2.60. The zero-order valence-electron chi connectivity index (χ0n) is 13.6. The van der Waals surface area contributed by atoms with Crippen molar-refractivity contribution >= 4 is 17.3 Å². The van der Waals surface area contributed by atoms with Gasteiger partial charge in [0.1, 0.15) is 5.82 Å². The van der Waals surface area contributed by atoms with Crippen LogP contribution in [-0.4, -0.2) is 24.7 Å². The number of para-hydroxylation sites is 1. The zero-order valence-corrected chi connectivity index (χ0v) is 13.6. The van der Waals surface area contributed by atoms with E-state index in [1.165, 1.54) is 11.6 Å². The van der Waals surface area contributed by atoms with Crippen LogP contribution in [0, 0.1) is 5.82 Å². The Morgan fingerprint density at radius 2 is 1.96 bits per heavy atom. The van der Waals surface area contributed by atoms with Crippen LogP contribution >= 0.6 is 0 Å². The molecule has 124 valence electrons. The number of nitrogens with one attached hydrogen (secondary N) is 1. The molecule has 1 N–H and O–H groups in total. The minimum atomic E-state index is -0.349. The molecule has 2 aromatic carbocycles. The van der Waals surface area contributed by atoms with Gasteiger partial charge in [0.2, 0.25) is 0 Å². The van der Waals surface area contributed by atoms with Crippen LogP contribution in [0.25, 0.3) is 0 Å². The number of anilines is 1. The zero-order chi connectivity index (χ0) is 16.9. The fourth-order valence-corrected chi connectivity index (χ4v) is 2.95. The van der Waals surface area contributed by atoms with Crippen LogP contribution < -0.4 is 10.3 Å². The first-order chi connectivity index (χ1) is 11.6. The van der Waals surface area contributed by atoms with E-state index >= 15 is 0 Å². The smallest absolute Gasteiger partial charge is 0.259 e. The second kappa shape index (κ2) is 7.25. The van der Waals surface area contributed by atoms with Crippen LogP contribution in [0.3, 0.4) is 0 Å². The van der Waals surface area contributed by atoms with Crippen molar-refractivity contribution in [2.45, 2.75) is 19.8 Å². The monoisotopic (exact) mass is 325 g/mol. The van der Waals surface area contributed by atoms with E-state index in [1.54, 1.807) is 25.1 Å². The lowest BCUT2D eigenvalue weighted by molar-refractivity contribution is -0.119. The average molecular weight is 325 g/mol. The number of aryl methyl sites for hydroxylation is 1. The van der Waals surface area contributed by atoms with Crippen molar-refractivity contribution in [3.05, 3.63) is 65.5 Å². The number of carbonyl (C=O) groups excluding carboxylic acids is 1. The van der Waals surface area contributed by atoms with Gasteiger partial charge in [0.15, 0.2) is 0 Å². The molecule has 24 heavy (non-hydrogen) atoms. The number of amides is 1. The molecule has 0 aliphatic carbocycles. The summed E-state index contributed by atoms with van der Waals surface area (Å²) in [7, 11) is 0. The Morgan fingerprint density at radius 1 is 1.21 bits per heavy atom. The summed E-state index contributed by atoms with van der Waals surface area (Å²) in [5.74, 6) is -0.555. The van der Waals surface area contributed by atoms with Gasteiger partial charge in [-0.2, -0.15) is 5.10 Å². The molecule has 0 radical (unpaired) electrons. The van der Waals surface area contributed by atoms with Gasteiger partial charge in [-0.05, 0) is 37.5 Å². The first kappa shape index (κ1) is 16.2. The summed E-state index contributed by atoms with van der Waals surface area (Å²) >= 11 is 0. The van der Waals surface area contributed by atoms with Crippen LogP contribution in [0.1, 0.15) is 24.5 Å². The normalized spacial score (nSPS) is 14.2. The highest BCUT2D eigenvalue weighted by atomic mass is 19.1. The van der Waals surface area contributed by atoms with E-state index in [2.05, 4.69) is 21.5 Å². The van der Waals surface area contributed by atoms with Crippen LogP contribution in [0.5, 0.6) is 0 Å². The predicted octanol–water partition coefficient (Wildman–Crippen LogP) is 3.12. The summed E-state index contributed by atoms with van der Waals surface area (Å²) in [6, 6.07) is 14.5. The highest BCUT2D eigenvalue weighted by molar-refractivity contribution is 5.99. The number of fused-ring (bicyclic) bond motifs is 1. The second-order valence-electron chi connectivity index (χ2n) is 5.87. The maximum atomic E-state index is 13.7. The van der Waals surface area contributed by atoms with Crippen molar-refractivity contribution < 1.29 is 9.18 Å². The molecular weight excluding hydrogens is 305 g/mol. The summed E-state index contributed by atoms with van der Waals surface area (Å²) in [5, 5.41) is 4.03. The topological polar surface area (TPSA) is 44.7 Å². The highest BCUT2D eigenvalue weighted by Crippen LogP contribution is 2.26. The molecule has 1 amide bonds. The first-order valence-electron chi connectivity index (χ1n) is 8.06. The van der Waals surface area contributed by atoms with Gasteiger partial charge >= 0.3 is 0 Å². The summed E-state index contributed by atoms with van der Waals surface area (Å²) < 4.78 is 13.7. The fraction of sp³-hybridized carbons (Fsp3) is 0.263. The van der Waals surface area contributed by atoms with Crippen LogP contribution in [-0.2, 0) is 11.2 Å². The lowest BCUT2D eigenvalue weighted by Crippen LogP contribution is -2.38. The summed E-state index contributed by atoms with van der Waals surface area (Å²) in [6.07, 6.45) is 2.07. The lowest BCUT2D eigenvalue weighted by atomic mass is 10.0. The number of nitrogens with zero attached hydrogens (tertiary/aromatic N) is 2. The van der Waals surface area contributed by atoms with Gasteiger partial charge in [-0.25, -0.2) is 9.82 Å². The van der Waals surface area contributed by atoms with E-state index in [0.29, 0.717) is 11.3 Å². The van der Waals surface area contributed by atoms with E-state index in [-0.39, 0.29) is 18.3 Å². The Bertz CT molecular complexity index is 773. The molecule has 2 aromatic rings. The number of halogens is 1. The number of hydrazone groups is 1. The molecule has 4 nitrogen and oxygen atoms in total. The Labute approximate surface area is 141 Å². The fourth-order valence-electron chi connectivity index (χ4n) is 2.95. The number of benzene rings is 2. The molecule has 0 saturated carbocycles. The van der Waals surface area contributed by atoms with E-state index in [1.807, 2.05) is 18.2 Å². The maximum Gasteiger partial charge on any atom is 0.259 e. The molecule has 0 saturated heterocycles. The third-order valence-corrected chi connectivity index (χ3v) is 4.15.